The van der Waals surface area contributed by atoms with Gasteiger partial charge in [0.25, 0.3) is 0 Å². The Morgan fingerprint density at radius 1 is 1.42 bits per heavy atom. The minimum atomic E-state index is -0.0122. The molecular weight excluding hydrogens is 236 g/mol. The summed E-state index contributed by atoms with van der Waals surface area (Å²) in [4.78, 5) is 12.3. The van der Waals surface area contributed by atoms with Gasteiger partial charge in [0, 0.05) is 5.41 Å². The molecule has 2 atom stereocenters. The third kappa shape index (κ3) is 1.46. The number of rotatable bonds is 2. The second kappa shape index (κ2) is 3.84. The summed E-state index contributed by atoms with van der Waals surface area (Å²) in [5.74, 6) is 0.0184. The van der Waals surface area contributed by atoms with Crippen LogP contribution in [0.15, 0.2) is 18.2 Å². The molecule has 1 spiro atoms. The fraction of sp³-hybridized carbons (Fsp3) is 0.588. The van der Waals surface area contributed by atoms with Crippen LogP contribution in [0.5, 0.6) is 0 Å². The van der Waals surface area contributed by atoms with E-state index in [9.17, 15) is 4.79 Å². The Balaban J connectivity index is 2.04. The van der Waals surface area contributed by atoms with E-state index in [0.717, 1.165) is 12.8 Å². The summed E-state index contributed by atoms with van der Waals surface area (Å²) < 4.78 is 5.29. The number of carbonyl (C=O) groups is 1. The lowest BCUT2D eigenvalue weighted by Gasteiger charge is -2.15. The van der Waals surface area contributed by atoms with Crippen molar-refractivity contribution in [1.29, 1.82) is 0 Å². The number of fused-ring (bicyclic) bond motifs is 2. The van der Waals surface area contributed by atoms with E-state index < -0.39 is 0 Å². The normalized spacial score (nSPS) is 30.2. The van der Waals surface area contributed by atoms with Crippen molar-refractivity contribution in [3.8, 4) is 0 Å². The highest BCUT2D eigenvalue weighted by molar-refractivity contribution is 5.82. The van der Waals surface area contributed by atoms with Crippen LogP contribution >= 0.6 is 0 Å². The van der Waals surface area contributed by atoms with E-state index in [1.54, 1.807) is 0 Å². The largest absolute Gasteiger partial charge is 0.466 e. The molecule has 2 heteroatoms. The van der Waals surface area contributed by atoms with Gasteiger partial charge in [0.1, 0.15) is 0 Å². The van der Waals surface area contributed by atoms with Crippen molar-refractivity contribution in [2.75, 3.05) is 6.61 Å². The molecule has 2 unspecified atom stereocenters. The lowest BCUT2D eigenvalue weighted by molar-refractivity contribution is -0.145. The number of ether oxygens (including phenoxy) is 1. The van der Waals surface area contributed by atoms with Crippen molar-refractivity contribution >= 4 is 5.97 Å². The lowest BCUT2D eigenvalue weighted by Crippen LogP contribution is -2.15. The number of hydrogen-bond acceptors (Lipinski definition) is 2. The summed E-state index contributed by atoms with van der Waals surface area (Å²) in [5.41, 5.74) is 4.16. The first-order valence-corrected chi connectivity index (χ1v) is 7.22. The second-order valence-electron chi connectivity index (χ2n) is 6.54. The van der Waals surface area contributed by atoms with Gasteiger partial charge < -0.3 is 4.74 Å². The monoisotopic (exact) mass is 258 g/mol. The van der Waals surface area contributed by atoms with Gasteiger partial charge in [-0.2, -0.15) is 0 Å². The summed E-state index contributed by atoms with van der Waals surface area (Å²) >= 11 is 0. The summed E-state index contributed by atoms with van der Waals surface area (Å²) in [6.45, 7) is 8.91. The van der Waals surface area contributed by atoms with Crippen molar-refractivity contribution in [2.45, 2.75) is 46.0 Å². The van der Waals surface area contributed by atoms with Crippen LogP contribution in [0, 0.1) is 18.3 Å². The van der Waals surface area contributed by atoms with Crippen LogP contribution in [0.25, 0.3) is 0 Å². The van der Waals surface area contributed by atoms with E-state index in [0.29, 0.717) is 6.61 Å². The van der Waals surface area contributed by atoms with Gasteiger partial charge in [-0.3, -0.25) is 4.79 Å². The molecule has 102 valence electrons. The number of hydrogen-bond donors (Lipinski definition) is 0. The Labute approximate surface area is 115 Å². The van der Waals surface area contributed by atoms with Crippen LogP contribution in [0.4, 0.5) is 0 Å². The molecule has 2 nitrogen and oxygen atoms in total. The molecule has 1 saturated carbocycles. The summed E-state index contributed by atoms with van der Waals surface area (Å²) in [7, 11) is 0. The number of carbonyl (C=O) groups excluding carboxylic acids is 1. The molecule has 0 bridgehead atoms. The Bertz CT molecular complexity index is 544. The highest BCUT2D eigenvalue weighted by atomic mass is 16.5. The molecule has 0 aromatic heterocycles. The zero-order chi connectivity index (χ0) is 13.8. The zero-order valence-electron chi connectivity index (χ0n) is 12.2. The van der Waals surface area contributed by atoms with E-state index in [2.05, 4.69) is 39.0 Å². The third-order valence-corrected chi connectivity index (χ3v) is 5.34. The van der Waals surface area contributed by atoms with Crippen LogP contribution in [0.1, 0.15) is 43.9 Å². The van der Waals surface area contributed by atoms with Gasteiger partial charge in [0.05, 0.1) is 12.5 Å². The van der Waals surface area contributed by atoms with E-state index in [4.69, 9.17) is 4.74 Å². The average molecular weight is 258 g/mol. The molecule has 19 heavy (non-hydrogen) atoms. The highest BCUT2D eigenvalue weighted by Crippen LogP contribution is 2.74. The van der Waals surface area contributed by atoms with Crippen molar-refractivity contribution in [1.82, 2.24) is 0 Å². The van der Waals surface area contributed by atoms with Gasteiger partial charge in [0.2, 0.25) is 0 Å². The van der Waals surface area contributed by atoms with Crippen LogP contribution in [-0.4, -0.2) is 12.6 Å². The van der Waals surface area contributed by atoms with E-state index in [-0.39, 0.29) is 22.7 Å². The van der Waals surface area contributed by atoms with Crippen LogP contribution in [0.2, 0.25) is 0 Å². The molecule has 0 radical (unpaired) electrons. The van der Waals surface area contributed by atoms with Crippen molar-refractivity contribution in [2.24, 2.45) is 11.3 Å². The first kappa shape index (κ1) is 12.7. The van der Waals surface area contributed by atoms with Gasteiger partial charge in [-0.05, 0) is 43.2 Å². The summed E-state index contributed by atoms with van der Waals surface area (Å²) in [6.07, 6.45) is 2.18. The Hall–Kier alpha value is -1.31. The Morgan fingerprint density at radius 3 is 2.84 bits per heavy atom. The van der Waals surface area contributed by atoms with Crippen LogP contribution in [-0.2, 0) is 21.4 Å². The van der Waals surface area contributed by atoms with Gasteiger partial charge in [-0.15, -0.1) is 0 Å². The average Bonchev–Trinajstić information content (AvgIpc) is 2.63. The number of aryl methyl sites for hydroxylation is 2. The maximum atomic E-state index is 12.3. The number of esters is 1. The summed E-state index contributed by atoms with van der Waals surface area (Å²) in [5, 5.41) is 0. The lowest BCUT2D eigenvalue weighted by atomic mass is 9.88. The minimum absolute atomic E-state index is 0.0122. The van der Waals surface area contributed by atoms with E-state index in [1.807, 2.05) is 6.92 Å². The third-order valence-electron chi connectivity index (χ3n) is 5.34. The molecule has 1 aromatic carbocycles. The quantitative estimate of drug-likeness (QED) is 0.760. The molecule has 0 heterocycles. The molecule has 0 N–H and O–H groups in total. The van der Waals surface area contributed by atoms with E-state index >= 15 is 0 Å². The predicted octanol–water partition coefficient (Wildman–Crippen LogP) is 3.40. The highest BCUT2D eigenvalue weighted by Gasteiger charge is 2.76. The van der Waals surface area contributed by atoms with Gasteiger partial charge in [0.15, 0.2) is 0 Å². The molecule has 2 aliphatic carbocycles. The Kier molecular flexibility index (Phi) is 2.57. The van der Waals surface area contributed by atoms with Crippen LogP contribution < -0.4 is 0 Å². The topological polar surface area (TPSA) is 26.3 Å². The van der Waals surface area contributed by atoms with Gasteiger partial charge >= 0.3 is 5.97 Å². The maximum absolute atomic E-state index is 12.3. The van der Waals surface area contributed by atoms with Crippen molar-refractivity contribution in [3.05, 3.63) is 34.9 Å². The SMILES string of the molecule is CCOC(=O)C1C(C)(C)C12CCc1ccc(C)cc12. The first-order valence-electron chi connectivity index (χ1n) is 7.22. The van der Waals surface area contributed by atoms with Gasteiger partial charge in [-0.25, -0.2) is 0 Å². The standard InChI is InChI=1S/C17H22O2/c1-5-19-15(18)14-16(3,4)17(14)9-8-12-7-6-11(2)10-13(12)17/h6-7,10,14H,5,8-9H2,1-4H3. The molecule has 2 aliphatic rings. The zero-order valence-corrected chi connectivity index (χ0v) is 12.2. The van der Waals surface area contributed by atoms with Gasteiger partial charge in [-0.1, -0.05) is 37.6 Å². The second-order valence-corrected chi connectivity index (χ2v) is 6.54. The molecule has 0 amide bonds. The first-order chi connectivity index (χ1) is 8.95. The molecule has 1 fully saturated rings. The molecule has 0 aliphatic heterocycles. The van der Waals surface area contributed by atoms with Crippen LogP contribution in [0.3, 0.4) is 0 Å². The minimum Gasteiger partial charge on any atom is -0.466 e. The predicted molar refractivity (Wildman–Crippen MR) is 75.1 cm³/mol. The molecule has 0 saturated heterocycles. The molecule has 1 aromatic rings. The van der Waals surface area contributed by atoms with Crippen molar-refractivity contribution in [3.63, 3.8) is 0 Å². The summed E-state index contributed by atoms with van der Waals surface area (Å²) in [6, 6.07) is 6.69. The molecular formula is C17H22O2. The number of benzene rings is 1. The fourth-order valence-electron chi connectivity index (χ4n) is 4.33. The smallest absolute Gasteiger partial charge is 0.310 e. The fourth-order valence-corrected chi connectivity index (χ4v) is 4.33. The van der Waals surface area contributed by atoms with Crippen molar-refractivity contribution < 1.29 is 9.53 Å². The van der Waals surface area contributed by atoms with E-state index in [1.165, 1.54) is 16.7 Å². The Morgan fingerprint density at radius 2 is 2.16 bits per heavy atom. The maximum Gasteiger partial charge on any atom is 0.310 e. The molecule has 3 rings (SSSR count).